The first kappa shape index (κ1) is 14.8. The van der Waals surface area contributed by atoms with Gasteiger partial charge in [0, 0.05) is 28.7 Å². The molecular weight excluding hydrogens is 286 g/mol. The lowest BCUT2D eigenvalue weighted by Gasteiger charge is -2.11. The number of sulfone groups is 1. The minimum atomic E-state index is -3.24. The van der Waals surface area contributed by atoms with Gasteiger partial charge in [0.1, 0.15) is 0 Å². The molecule has 1 aromatic carbocycles. The van der Waals surface area contributed by atoms with Crippen molar-refractivity contribution in [2.24, 2.45) is 11.1 Å². The maximum absolute atomic E-state index is 12.2. The van der Waals surface area contributed by atoms with Crippen LogP contribution >= 0.6 is 11.6 Å². The molecule has 0 bridgehead atoms. The van der Waals surface area contributed by atoms with Crippen LogP contribution in [0, 0.1) is 5.41 Å². The summed E-state index contributed by atoms with van der Waals surface area (Å²) in [4.78, 5) is 0. The highest BCUT2D eigenvalue weighted by molar-refractivity contribution is 7.92. The van der Waals surface area contributed by atoms with Crippen LogP contribution < -0.4 is 5.73 Å². The molecule has 1 aliphatic rings. The summed E-state index contributed by atoms with van der Waals surface area (Å²) in [5, 5.41) is 9.60. The van der Waals surface area contributed by atoms with Crippen molar-refractivity contribution in [1.29, 1.82) is 0 Å². The van der Waals surface area contributed by atoms with Gasteiger partial charge in [0.15, 0.2) is 9.84 Å². The molecule has 0 spiro atoms. The predicted molar refractivity (Wildman–Crippen MR) is 76.0 cm³/mol. The van der Waals surface area contributed by atoms with Gasteiger partial charge in [-0.25, -0.2) is 8.42 Å². The molecule has 3 atom stereocenters. The number of nitrogens with two attached hydrogens (primary N) is 1. The summed E-state index contributed by atoms with van der Waals surface area (Å²) in [6.45, 7) is 1.55. The van der Waals surface area contributed by atoms with Gasteiger partial charge in [0.05, 0.1) is 11.9 Å². The molecule has 19 heavy (non-hydrogen) atoms. The van der Waals surface area contributed by atoms with Crippen LogP contribution in [0.15, 0.2) is 24.3 Å². The van der Waals surface area contributed by atoms with Crippen molar-refractivity contribution in [3.05, 3.63) is 34.9 Å². The molecule has 0 radical (unpaired) electrons. The number of aliphatic hydroxyl groups excluding tert-OH is 1. The normalized spacial score (nSPS) is 30.3. The Labute approximate surface area is 118 Å². The van der Waals surface area contributed by atoms with E-state index in [0.717, 1.165) is 5.56 Å². The zero-order valence-corrected chi connectivity index (χ0v) is 12.3. The fourth-order valence-corrected chi connectivity index (χ4v) is 5.15. The van der Waals surface area contributed by atoms with E-state index in [2.05, 4.69) is 0 Å². The highest BCUT2D eigenvalue weighted by Gasteiger charge is 2.69. The summed E-state index contributed by atoms with van der Waals surface area (Å²) in [5.74, 6) is -0.187. The van der Waals surface area contributed by atoms with E-state index in [9.17, 15) is 13.5 Å². The number of benzene rings is 1. The second-order valence-electron chi connectivity index (χ2n) is 5.00. The molecule has 4 nitrogen and oxygen atoms in total. The van der Waals surface area contributed by atoms with Crippen molar-refractivity contribution in [2.75, 3.05) is 18.9 Å². The fraction of sp³-hybridized carbons (Fsp3) is 0.538. The van der Waals surface area contributed by atoms with Crippen LogP contribution in [0.3, 0.4) is 0 Å². The third kappa shape index (κ3) is 2.29. The number of hydrogen-bond acceptors (Lipinski definition) is 4. The van der Waals surface area contributed by atoms with Crippen molar-refractivity contribution >= 4 is 21.4 Å². The quantitative estimate of drug-likeness (QED) is 0.856. The maximum Gasteiger partial charge on any atom is 0.154 e. The smallest absolute Gasteiger partial charge is 0.154 e. The molecule has 0 amide bonds. The summed E-state index contributed by atoms with van der Waals surface area (Å²) in [6, 6.07) is 7.06. The molecule has 0 heterocycles. The van der Waals surface area contributed by atoms with Crippen molar-refractivity contribution < 1.29 is 13.5 Å². The first-order chi connectivity index (χ1) is 8.93. The lowest BCUT2D eigenvalue weighted by atomic mass is 10.0. The first-order valence-corrected chi connectivity index (χ1v) is 8.30. The predicted octanol–water partition coefficient (Wildman–Crippen LogP) is 1.18. The molecule has 0 aromatic heterocycles. The Bertz CT molecular complexity index is 552. The average Bonchev–Trinajstić information content (AvgIpc) is 3.10. The standard InChI is InChI=1S/C13H18ClNO3S/c1-2-19(17,18)12-11(13(12,7-15)8-16)9-3-5-10(14)6-4-9/h3-6,11-12,16H,2,7-8,15H2,1H3/t11-,12-,13-/m1/s1. The van der Waals surface area contributed by atoms with E-state index in [1.807, 2.05) is 0 Å². The van der Waals surface area contributed by atoms with Gasteiger partial charge in [-0.2, -0.15) is 0 Å². The van der Waals surface area contributed by atoms with E-state index in [4.69, 9.17) is 17.3 Å². The van der Waals surface area contributed by atoms with Crippen molar-refractivity contribution in [1.82, 2.24) is 0 Å². The number of halogens is 1. The molecule has 1 aliphatic carbocycles. The van der Waals surface area contributed by atoms with Crippen LogP contribution in [0.25, 0.3) is 0 Å². The third-order valence-electron chi connectivity index (χ3n) is 4.07. The Morgan fingerprint density at radius 3 is 2.37 bits per heavy atom. The number of aliphatic hydroxyl groups is 1. The van der Waals surface area contributed by atoms with E-state index in [-0.39, 0.29) is 24.8 Å². The highest BCUT2D eigenvalue weighted by Crippen LogP contribution is 2.62. The molecule has 6 heteroatoms. The van der Waals surface area contributed by atoms with Gasteiger partial charge in [-0.05, 0) is 17.7 Å². The van der Waals surface area contributed by atoms with Crippen LogP contribution in [-0.2, 0) is 9.84 Å². The molecule has 0 unspecified atom stereocenters. The Morgan fingerprint density at radius 2 is 1.95 bits per heavy atom. The summed E-state index contributed by atoms with van der Waals surface area (Å²) >= 11 is 5.84. The van der Waals surface area contributed by atoms with E-state index < -0.39 is 20.5 Å². The summed E-state index contributed by atoms with van der Waals surface area (Å²) in [6.07, 6.45) is 0. The highest BCUT2D eigenvalue weighted by atomic mass is 35.5. The molecule has 3 N–H and O–H groups in total. The van der Waals surface area contributed by atoms with Crippen LogP contribution in [0.2, 0.25) is 5.02 Å². The number of hydrogen-bond donors (Lipinski definition) is 2. The molecule has 1 fully saturated rings. The monoisotopic (exact) mass is 303 g/mol. The SMILES string of the molecule is CCS(=O)(=O)[C@@H]1[C@@H](c2ccc(Cl)cc2)[C@@]1(CN)CO. The molecule has 0 aliphatic heterocycles. The van der Waals surface area contributed by atoms with Gasteiger partial charge < -0.3 is 10.8 Å². The summed E-state index contributed by atoms with van der Waals surface area (Å²) in [7, 11) is -3.24. The lowest BCUT2D eigenvalue weighted by Crippen LogP contribution is -2.28. The minimum Gasteiger partial charge on any atom is -0.396 e. The third-order valence-corrected chi connectivity index (χ3v) is 6.64. The Balaban J connectivity index is 2.42. The molecule has 0 saturated heterocycles. The Hall–Kier alpha value is -0.620. The number of rotatable bonds is 5. The van der Waals surface area contributed by atoms with E-state index in [1.165, 1.54) is 0 Å². The van der Waals surface area contributed by atoms with Gasteiger partial charge in [-0.3, -0.25) is 0 Å². The summed E-state index contributed by atoms with van der Waals surface area (Å²) < 4.78 is 24.3. The second-order valence-corrected chi connectivity index (χ2v) is 7.84. The minimum absolute atomic E-state index is 0.0590. The van der Waals surface area contributed by atoms with Gasteiger partial charge in [0.2, 0.25) is 0 Å². The first-order valence-electron chi connectivity index (χ1n) is 6.21. The largest absolute Gasteiger partial charge is 0.396 e. The van der Waals surface area contributed by atoms with Gasteiger partial charge in [-0.15, -0.1) is 0 Å². The van der Waals surface area contributed by atoms with Crippen molar-refractivity contribution in [3.8, 4) is 0 Å². The van der Waals surface area contributed by atoms with Crippen LogP contribution in [0.5, 0.6) is 0 Å². The Kier molecular flexibility index (Phi) is 3.93. The molecule has 1 saturated carbocycles. The van der Waals surface area contributed by atoms with Crippen LogP contribution in [0.4, 0.5) is 0 Å². The Morgan fingerprint density at radius 1 is 1.37 bits per heavy atom. The molecule has 1 aromatic rings. The van der Waals surface area contributed by atoms with E-state index >= 15 is 0 Å². The molecule has 2 rings (SSSR count). The zero-order chi connectivity index (χ0) is 14.3. The van der Waals surface area contributed by atoms with Gasteiger partial charge in [-0.1, -0.05) is 30.7 Å². The van der Waals surface area contributed by atoms with E-state index in [1.54, 1.807) is 31.2 Å². The molecular formula is C13H18ClNO3S. The van der Waals surface area contributed by atoms with Crippen molar-refractivity contribution in [2.45, 2.75) is 18.1 Å². The average molecular weight is 304 g/mol. The lowest BCUT2D eigenvalue weighted by molar-refractivity contribution is 0.212. The van der Waals surface area contributed by atoms with Gasteiger partial charge >= 0.3 is 0 Å². The summed E-state index contributed by atoms with van der Waals surface area (Å²) in [5.41, 5.74) is 5.85. The van der Waals surface area contributed by atoms with Gasteiger partial charge in [0.25, 0.3) is 0 Å². The van der Waals surface area contributed by atoms with E-state index in [0.29, 0.717) is 5.02 Å². The zero-order valence-electron chi connectivity index (χ0n) is 10.7. The topological polar surface area (TPSA) is 80.4 Å². The van der Waals surface area contributed by atoms with Crippen LogP contribution in [0.1, 0.15) is 18.4 Å². The second kappa shape index (κ2) is 5.05. The fourth-order valence-electron chi connectivity index (χ4n) is 2.87. The van der Waals surface area contributed by atoms with Crippen LogP contribution in [-0.4, -0.2) is 37.7 Å². The maximum atomic E-state index is 12.2. The molecule has 106 valence electrons. The van der Waals surface area contributed by atoms with Crippen molar-refractivity contribution in [3.63, 3.8) is 0 Å².